The molecule has 0 saturated heterocycles. The van der Waals surface area contributed by atoms with Crippen LogP contribution in [-0.2, 0) is 5.41 Å². The Morgan fingerprint density at radius 1 is 0.424 bits per heavy atom. The Bertz CT molecular complexity index is 2840. The predicted octanol–water partition coefficient (Wildman–Crippen LogP) is 13.3. The van der Waals surface area contributed by atoms with E-state index >= 15 is 0 Å². The summed E-state index contributed by atoms with van der Waals surface area (Å²) in [4.78, 5) is 2.57. The van der Waals surface area contributed by atoms with Crippen molar-refractivity contribution in [3.05, 3.63) is 192 Å². The topological polar surface area (TPSA) is 12.5 Å². The van der Waals surface area contributed by atoms with Crippen molar-refractivity contribution in [3.8, 4) is 56.0 Å². The van der Waals surface area contributed by atoms with Crippen molar-refractivity contribution in [2.24, 2.45) is 0 Å². The molecule has 0 fully saturated rings. The van der Waals surface area contributed by atoms with Gasteiger partial charge in [0.25, 0.3) is 6.71 Å². The summed E-state index contributed by atoms with van der Waals surface area (Å²) in [6.07, 6.45) is 0. The molecule has 2 nitrogen and oxygen atoms in total. The van der Waals surface area contributed by atoms with E-state index in [2.05, 4.69) is 217 Å². The maximum absolute atomic E-state index is 7.15. The van der Waals surface area contributed by atoms with Crippen LogP contribution in [0.4, 0.5) is 17.1 Å². The number of hydrogen-bond acceptors (Lipinski definition) is 2. The predicted molar refractivity (Wildman–Crippen MR) is 252 cm³/mol. The van der Waals surface area contributed by atoms with Crippen LogP contribution in [0.1, 0.15) is 48.6 Å². The van der Waals surface area contributed by atoms with Crippen LogP contribution in [0.15, 0.2) is 164 Å². The smallest absolute Gasteiger partial charge is 0.256 e. The Kier molecular flexibility index (Phi) is 8.76. The number of aryl methyl sites for hydroxylation is 4. The summed E-state index contributed by atoms with van der Waals surface area (Å²) in [6, 6.07) is 61.0. The van der Waals surface area contributed by atoms with E-state index in [1.165, 1.54) is 94.4 Å². The number of hydrogen-bond donors (Lipinski definition) is 0. The molecule has 0 saturated carbocycles. The first-order chi connectivity index (χ1) is 28.5. The van der Waals surface area contributed by atoms with Crippen LogP contribution in [0.3, 0.4) is 0 Å². The highest BCUT2D eigenvalue weighted by Gasteiger charge is 2.44. The van der Waals surface area contributed by atoms with Gasteiger partial charge in [-0.15, -0.1) is 0 Å². The average Bonchev–Trinajstić information content (AvgIpc) is 3.22. The number of para-hydroxylation sites is 1. The second-order valence-electron chi connectivity index (χ2n) is 17.7. The summed E-state index contributed by atoms with van der Waals surface area (Å²) in [5.41, 5.74) is 22.9. The van der Waals surface area contributed by atoms with Crippen LogP contribution < -0.4 is 26.0 Å². The Labute approximate surface area is 349 Å². The minimum atomic E-state index is -0.127. The van der Waals surface area contributed by atoms with Gasteiger partial charge in [0.05, 0.1) is 5.69 Å². The second kappa shape index (κ2) is 14.1. The average molecular weight is 762 g/mol. The number of anilines is 3. The van der Waals surface area contributed by atoms with E-state index in [1.807, 2.05) is 0 Å². The van der Waals surface area contributed by atoms with Crippen LogP contribution >= 0.6 is 0 Å². The van der Waals surface area contributed by atoms with Crippen molar-refractivity contribution < 1.29 is 4.74 Å². The van der Waals surface area contributed by atoms with Crippen molar-refractivity contribution in [1.82, 2.24) is 0 Å². The van der Waals surface area contributed by atoms with Gasteiger partial charge in [-0.05, 0) is 113 Å². The zero-order valence-corrected chi connectivity index (χ0v) is 35.0. The lowest BCUT2D eigenvalue weighted by Gasteiger charge is -2.42. The first-order valence-electron chi connectivity index (χ1n) is 20.9. The lowest BCUT2D eigenvalue weighted by atomic mass is 9.34. The Balaban J connectivity index is 1.32. The van der Waals surface area contributed by atoms with Gasteiger partial charge in [0.1, 0.15) is 11.5 Å². The van der Waals surface area contributed by atoms with Gasteiger partial charge in [-0.1, -0.05) is 183 Å². The third kappa shape index (κ3) is 6.46. The van der Waals surface area contributed by atoms with Crippen molar-refractivity contribution in [2.45, 2.75) is 53.9 Å². The second-order valence-corrected chi connectivity index (χ2v) is 17.7. The van der Waals surface area contributed by atoms with Gasteiger partial charge >= 0.3 is 0 Å². The van der Waals surface area contributed by atoms with E-state index < -0.39 is 0 Å². The number of ether oxygens (including phenoxy) is 1. The molecule has 2 heterocycles. The largest absolute Gasteiger partial charge is 0.458 e. The molecule has 0 unspecified atom stereocenters. The summed E-state index contributed by atoms with van der Waals surface area (Å²) in [7, 11) is 0. The van der Waals surface area contributed by atoms with Gasteiger partial charge in [0.2, 0.25) is 0 Å². The third-order valence-corrected chi connectivity index (χ3v) is 12.2. The van der Waals surface area contributed by atoms with E-state index in [9.17, 15) is 0 Å². The van der Waals surface area contributed by atoms with E-state index in [-0.39, 0.29) is 12.1 Å². The summed E-state index contributed by atoms with van der Waals surface area (Å²) in [6.45, 7) is 15.6. The van der Waals surface area contributed by atoms with Gasteiger partial charge < -0.3 is 9.64 Å². The van der Waals surface area contributed by atoms with Crippen molar-refractivity contribution >= 4 is 40.2 Å². The van der Waals surface area contributed by atoms with E-state index in [0.717, 1.165) is 22.9 Å². The number of benzene rings is 8. The molecular formula is C56H48BNO. The highest BCUT2D eigenvalue weighted by Crippen LogP contribution is 2.50. The van der Waals surface area contributed by atoms with Gasteiger partial charge in [0, 0.05) is 22.5 Å². The fraction of sp³-hybridized carbons (Fsp3) is 0.143. The van der Waals surface area contributed by atoms with Gasteiger partial charge in [-0.25, -0.2) is 0 Å². The summed E-state index contributed by atoms with van der Waals surface area (Å²) in [5.74, 6) is 1.84. The maximum Gasteiger partial charge on any atom is 0.256 e. The van der Waals surface area contributed by atoms with Crippen molar-refractivity contribution in [3.63, 3.8) is 0 Å². The molecule has 8 aromatic rings. The molecule has 59 heavy (non-hydrogen) atoms. The molecule has 0 aliphatic carbocycles. The summed E-state index contributed by atoms with van der Waals surface area (Å²) >= 11 is 0. The lowest BCUT2D eigenvalue weighted by molar-refractivity contribution is 0.483. The SMILES string of the molecule is Cc1cc(C)cc(-c2ccc3c(c2)B2c4cc(-c5cc(C)cc(C)c5)ccc4N(c4c(-c5ccccc5)cccc4-c4ccccc4)c4cc(C(C)(C)C)cc(c42)O3)c1. The molecule has 0 amide bonds. The van der Waals surface area contributed by atoms with E-state index in [1.54, 1.807) is 0 Å². The minimum absolute atomic E-state index is 0.0650. The number of nitrogens with zero attached hydrogens (tertiary/aromatic N) is 1. The normalized spacial score (nSPS) is 12.7. The molecule has 0 atom stereocenters. The zero-order valence-electron chi connectivity index (χ0n) is 35.0. The summed E-state index contributed by atoms with van der Waals surface area (Å²) in [5, 5.41) is 0. The number of fused-ring (bicyclic) bond motifs is 4. The van der Waals surface area contributed by atoms with Crippen LogP contribution in [-0.4, -0.2) is 6.71 Å². The molecule has 0 N–H and O–H groups in total. The lowest BCUT2D eigenvalue weighted by Crippen LogP contribution is -2.59. The highest BCUT2D eigenvalue weighted by atomic mass is 16.5. The van der Waals surface area contributed by atoms with E-state index in [0.29, 0.717) is 0 Å². The molecule has 0 aromatic heterocycles. The molecular weight excluding hydrogens is 713 g/mol. The third-order valence-electron chi connectivity index (χ3n) is 12.2. The van der Waals surface area contributed by atoms with E-state index in [4.69, 9.17) is 4.74 Å². The Morgan fingerprint density at radius 3 is 1.49 bits per heavy atom. The molecule has 2 aliphatic heterocycles. The maximum atomic E-state index is 7.15. The molecule has 2 aliphatic rings. The van der Waals surface area contributed by atoms with Crippen LogP contribution in [0, 0.1) is 27.7 Å². The molecule has 0 radical (unpaired) electrons. The van der Waals surface area contributed by atoms with Crippen molar-refractivity contribution in [1.29, 1.82) is 0 Å². The van der Waals surface area contributed by atoms with Gasteiger partial charge in [-0.3, -0.25) is 0 Å². The molecule has 286 valence electrons. The Hall–Kier alpha value is -6.58. The highest BCUT2D eigenvalue weighted by molar-refractivity contribution is 6.99. The van der Waals surface area contributed by atoms with Crippen molar-refractivity contribution in [2.75, 3.05) is 4.90 Å². The summed E-state index contributed by atoms with van der Waals surface area (Å²) < 4.78 is 7.15. The first-order valence-corrected chi connectivity index (χ1v) is 20.9. The fourth-order valence-corrected chi connectivity index (χ4v) is 9.56. The first kappa shape index (κ1) is 36.7. The molecule has 3 heteroatoms. The zero-order chi connectivity index (χ0) is 40.6. The fourth-order valence-electron chi connectivity index (χ4n) is 9.56. The standard InChI is InChI=1S/C56H48BNO/c1-35-25-36(2)28-43(27-35)41-21-23-50-48(31-41)57-49-32-42(44-29-37(3)26-38(4)30-44)22-24-52(49)59-53-34-45(56(5,6)7)33-51(54(53)57)58(50)55-46(39-15-10-8-11-16-39)19-14-20-47(55)40-17-12-9-13-18-40/h8-34H,1-7H3. The monoisotopic (exact) mass is 761 g/mol. The number of rotatable bonds is 5. The minimum Gasteiger partial charge on any atom is -0.458 e. The quantitative estimate of drug-likeness (QED) is 0.162. The molecule has 8 aromatic carbocycles. The van der Waals surface area contributed by atoms with Crippen LogP contribution in [0.5, 0.6) is 11.5 Å². The molecule has 0 spiro atoms. The Morgan fingerprint density at radius 2 is 0.949 bits per heavy atom. The van der Waals surface area contributed by atoms with Gasteiger partial charge in [-0.2, -0.15) is 0 Å². The van der Waals surface area contributed by atoms with Gasteiger partial charge in [0.15, 0.2) is 0 Å². The molecule has 0 bridgehead atoms. The molecule has 10 rings (SSSR count). The van der Waals surface area contributed by atoms with Crippen LogP contribution in [0.25, 0.3) is 44.5 Å². The van der Waals surface area contributed by atoms with Crippen LogP contribution in [0.2, 0.25) is 0 Å².